The topological polar surface area (TPSA) is 21.3 Å². The molecule has 2 nitrogen and oxygen atoms in total. The van der Waals surface area contributed by atoms with Crippen LogP contribution < -0.4 is 5.32 Å². The minimum atomic E-state index is -0.126. The predicted octanol–water partition coefficient (Wildman–Crippen LogP) is 1.79. The maximum absolute atomic E-state index is 12.7. The van der Waals surface area contributed by atoms with Crippen molar-refractivity contribution in [2.24, 2.45) is 5.92 Å². The number of halogens is 1. The first-order chi connectivity index (χ1) is 6.75. The third kappa shape index (κ3) is 2.22. The van der Waals surface area contributed by atoms with E-state index in [1.807, 2.05) is 6.08 Å². The van der Waals surface area contributed by atoms with Crippen molar-refractivity contribution in [1.29, 1.82) is 0 Å². The van der Waals surface area contributed by atoms with Crippen LogP contribution in [0.1, 0.15) is 13.3 Å². The monoisotopic (exact) mass is 197 g/mol. The number of nitrogens with one attached hydrogen (secondary N) is 1. The minimum Gasteiger partial charge on any atom is -0.375 e. The molecule has 3 heteroatoms. The first-order valence-corrected chi connectivity index (χ1v) is 5.14. The van der Waals surface area contributed by atoms with E-state index in [2.05, 4.69) is 12.2 Å². The van der Waals surface area contributed by atoms with Crippen molar-refractivity contribution in [3.05, 3.63) is 24.1 Å². The largest absolute Gasteiger partial charge is 0.375 e. The second kappa shape index (κ2) is 4.24. The number of allylic oxidation sites excluding steroid dienone is 3. The Morgan fingerprint density at radius 2 is 2.43 bits per heavy atom. The lowest BCUT2D eigenvalue weighted by atomic mass is 9.93. The summed E-state index contributed by atoms with van der Waals surface area (Å²) >= 11 is 0. The quantitative estimate of drug-likeness (QED) is 0.692. The average Bonchev–Trinajstić information content (AvgIpc) is 2.21. The second-order valence-corrected chi connectivity index (χ2v) is 4.03. The lowest BCUT2D eigenvalue weighted by molar-refractivity contribution is -0.0147. The van der Waals surface area contributed by atoms with Crippen molar-refractivity contribution in [3.63, 3.8) is 0 Å². The summed E-state index contributed by atoms with van der Waals surface area (Å²) in [4.78, 5) is 0. The Hall–Kier alpha value is -0.670. The van der Waals surface area contributed by atoms with Crippen molar-refractivity contribution in [2.75, 3.05) is 13.2 Å². The molecule has 0 amide bonds. The van der Waals surface area contributed by atoms with Crippen LogP contribution in [-0.2, 0) is 4.74 Å². The van der Waals surface area contributed by atoms with Crippen molar-refractivity contribution < 1.29 is 9.13 Å². The SMILES string of the molecule is C[C@H]1CO[C@@H](C2C=CC(F)=CC2)CN1. The second-order valence-electron chi connectivity index (χ2n) is 4.03. The Kier molecular flexibility index (Phi) is 2.99. The van der Waals surface area contributed by atoms with E-state index in [1.165, 1.54) is 6.08 Å². The van der Waals surface area contributed by atoms with E-state index in [9.17, 15) is 4.39 Å². The third-order valence-corrected chi connectivity index (χ3v) is 2.79. The van der Waals surface area contributed by atoms with E-state index < -0.39 is 0 Å². The summed E-state index contributed by atoms with van der Waals surface area (Å²) in [6, 6.07) is 0.436. The molecule has 1 N–H and O–H groups in total. The minimum absolute atomic E-state index is 0.126. The van der Waals surface area contributed by atoms with Crippen LogP contribution in [-0.4, -0.2) is 25.3 Å². The fraction of sp³-hybridized carbons (Fsp3) is 0.636. The van der Waals surface area contributed by atoms with Crippen molar-refractivity contribution in [3.8, 4) is 0 Å². The van der Waals surface area contributed by atoms with Gasteiger partial charge < -0.3 is 10.1 Å². The first kappa shape index (κ1) is 9.87. The van der Waals surface area contributed by atoms with Gasteiger partial charge in [0.15, 0.2) is 0 Å². The van der Waals surface area contributed by atoms with Gasteiger partial charge in [0.05, 0.1) is 12.7 Å². The Morgan fingerprint density at radius 3 is 3.00 bits per heavy atom. The van der Waals surface area contributed by atoms with Crippen LogP contribution in [0.5, 0.6) is 0 Å². The Labute approximate surface area is 83.8 Å². The Morgan fingerprint density at radius 1 is 1.57 bits per heavy atom. The molecular formula is C11H16FNO. The standard InChI is InChI=1S/C11H16FNO/c1-8-7-14-11(6-13-8)9-2-4-10(12)5-3-9/h2,4-5,8-9,11,13H,3,6-7H2,1H3/t8-,9?,11+/m0/s1. The maximum atomic E-state index is 12.7. The molecule has 0 aromatic carbocycles. The highest BCUT2D eigenvalue weighted by Crippen LogP contribution is 2.23. The molecule has 1 aliphatic heterocycles. The molecule has 0 saturated carbocycles. The van der Waals surface area contributed by atoms with Gasteiger partial charge >= 0.3 is 0 Å². The molecule has 0 aromatic heterocycles. The molecule has 1 aliphatic carbocycles. The summed E-state index contributed by atoms with van der Waals surface area (Å²) in [5.74, 6) is 0.202. The van der Waals surface area contributed by atoms with Gasteiger partial charge in [-0.2, -0.15) is 0 Å². The number of ether oxygens (including phenoxy) is 1. The highest BCUT2D eigenvalue weighted by atomic mass is 19.1. The van der Waals surface area contributed by atoms with Gasteiger partial charge in [0.1, 0.15) is 5.83 Å². The van der Waals surface area contributed by atoms with Crippen molar-refractivity contribution in [1.82, 2.24) is 5.32 Å². The van der Waals surface area contributed by atoms with Gasteiger partial charge in [-0.3, -0.25) is 0 Å². The normalized spacial score (nSPS) is 38.1. The zero-order chi connectivity index (χ0) is 9.97. The van der Waals surface area contributed by atoms with E-state index in [4.69, 9.17) is 4.74 Å². The molecule has 1 heterocycles. The van der Waals surface area contributed by atoms with E-state index in [0.717, 1.165) is 19.6 Å². The summed E-state index contributed by atoms with van der Waals surface area (Å²) in [6.45, 7) is 3.72. The molecule has 3 atom stereocenters. The van der Waals surface area contributed by atoms with Crippen LogP contribution in [0.3, 0.4) is 0 Å². The number of hydrogen-bond donors (Lipinski definition) is 1. The third-order valence-electron chi connectivity index (χ3n) is 2.79. The van der Waals surface area contributed by atoms with Crippen LogP contribution in [0.2, 0.25) is 0 Å². The Balaban J connectivity index is 1.88. The molecule has 14 heavy (non-hydrogen) atoms. The van der Waals surface area contributed by atoms with E-state index in [0.29, 0.717) is 12.0 Å². The van der Waals surface area contributed by atoms with Gasteiger partial charge in [0.25, 0.3) is 0 Å². The van der Waals surface area contributed by atoms with E-state index >= 15 is 0 Å². The molecule has 78 valence electrons. The van der Waals surface area contributed by atoms with Crippen LogP contribution in [0, 0.1) is 5.92 Å². The van der Waals surface area contributed by atoms with Gasteiger partial charge in [-0.1, -0.05) is 6.08 Å². The summed E-state index contributed by atoms with van der Waals surface area (Å²) in [6.07, 6.45) is 6.04. The van der Waals surface area contributed by atoms with Crippen molar-refractivity contribution >= 4 is 0 Å². The summed E-state index contributed by atoms with van der Waals surface area (Å²) in [7, 11) is 0. The predicted molar refractivity (Wildman–Crippen MR) is 53.6 cm³/mol. The lowest BCUT2D eigenvalue weighted by Gasteiger charge is -2.32. The van der Waals surface area contributed by atoms with Crippen LogP contribution in [0.4, 0.5) is 4.39 Å². The smallest absolute Gasteiger partial charge is 0.118 e. The van der Waals surface area contributed by atoms with Gasteiger partial charge in [0, 0.05) is 18.5 Å². The van der Waals surface area contributed by atoms with Gasteiger partial charge in [-0.25, -0.2) is 4.39 Å². The molecule has 2 rings (SSSR count). The highest BCUT2D eigenvalue weighted by molar-refractivity contribution is 5.18. The average molecular weight is 197 g/mol. The molecule has 1 saturated heterocycles. The van der Waals surface area contributed by atoms with E-state index in [-0.39, 0.29) is 11.9 Å². The fourth-order valence-electron chi connectivity index (χ4n) is 1.86. The van der Waals surface area contributed by atoms with Crippen molar-refractivity contribution in [2.45, 2.75) is 25.5 Å². The van der Waals surface area contributed by atoms with Gasteiger partial charge in [-0.05, 0) is 25.5 Å². The number of hydrogen-bond acceptors (Lipinski definition) is 2. The molecule has 1 unspecified atom stereocenters. The fourth-order valence-corrected chi connectivity index (χ4v) is 1.86. The van der Waals surface area contributed by atoms with E-state index in [1.54, 1.807) is 6.08 Å². The lowest BCUT2D eigenvalue weighted by Crippen LogP contribution is -2.47. The van der Waals surface area contributed by atoms with Crippen LogP contribution in [0.25, 0.3) is 0 Å². The highest BCUT2D eigenvalue weighted by Gasteiger charge is 2.25. The molecule has 1 fully saturated rings. The molecular weight excluding hydrogens is 181 g/mol. The van der Waals surface area contributed by atoms with Gasteiger partial charge in [-0.15, -0.1) is 0 Å². The van der Waals surface area contributed by atoms with Crippen LogP contribution >= 0.6 is 0 Å². The zero-order valence-corrected chi connectivity index (χ0v) is 8.37. The molecule has 0 spiro atoms. The Bertz CT molecular complexity index is 254. The van der Waals surface area contributed by atoms with Crippen LogP contribution in [0.15, 0.2) is 24.1 Å². The number of morpholine rings is 1. The molecule has 0 bridgehead atoms. The maximum Gasteiger partial charge on any atom is 0.118 e. The zero-order valence-electron chi connectivity index (χ0n) is 8.37. The molecule has 2 aliphatic rings. The molecule has 0 aromatic rings. The molecule has 0 radical (unpaired) electrons. The number of rotatable bonds is 1. The summed E-state index contributed by atoms with van der Waals surface area (Å²) in [5, 5.41) is 3.37. The first-order valence-electron chi connectivity index (χ1n) is 5.14. The summed E-state index contributed by atoms with van der Waals surface area (Å²) < 4.78 is 18.4. The van der Waals surface area contributed by atoms with Gasteiger partial charge in [0.2, 0.25) is 0 Å². The summed E-state index contributed by atoms with van der Waals surface area (Å²) in [5.41, 5.74) is 0.